The zero-order valence-electron chi connectivity index (χ0n) is 15.7. The molecular formula is C20H28N4O. The Bertz CT molecular complexity index is 709. The van der Waals surface area contributed by atoms with Crippen LogP contribution >= 0.6 is 0 Å². The van der Waals surface area contributed by atoms with E-state index in [2.05, 4.69) is 48.2 Å². The number of rotatable bonds is 8. The van der Waals surface area contributed by atoms with E-state index in [1.165, 1.54) is 11.1 Å². The number of aromatic nitrogens is 2. The van der Waals surface area contributed by atoms with Gasteiger partial charge in [0.2, 0.25) is 0 Å². The minimum Gasteiger partial charge on any atom is -0.366 e. The fraction of sp³-hybridized carbons (Fsp3) is 0.450. The van der Waals surface area contributed by atoms with Crippen LogP contribution in [0.4, 0.5) is 5.82 Å². The number of carbonyl (C=O) groups is 1. The SMILES string of the molecule is CCCN(CCC)C(=O)c1cc(NCc2ccccc2C)nc(C)n1. The molecule has 1 amide bonds. The van der Waals surface area contributed by atoms with Gasteiger partial charge >= 0.3 is 0 Å². The third-order valence-corrected chi connectivity index (χ3v) is 4.05. The van der Waals surface area contributed by atoms with Crippen molar-refractivity contribution >= 4 is 11.7 Å². The molecular weight excluding hydrogens is 312 g/mol. The molecule has 1 heterocycles. The average molecular weight is 340 g/mol. The fourth-order valence-corrected chi connectivity index (χ4v) is 2.78. The van der Waals surface area contributed by atoms with Gasteiger partial charge in [-0.2, -0.15) is 0 Å². The molecule has 0 saturated heterocycles. The molecule has 0 fully saturated rings. The van der Waals surface area contributed by atoms with Crippen LogP contribution in [-0.2, 0) is 6.54 Å². The van der Waals surface area contributed by atoms with Crippen molar-refractivity contribution in [2.75, 3.05) is 18.4 Å². The fourth-order valence-electron chi connectivity index (χ4n) is 2.78. The summed E-state index contributed by atoms with van der Waals surface area (Å²) >= 11 is 0. The molecule has 0 unspecified atom stereocenters. The van der Waals surface area contributed by atoms with Gasteiger partial charge in [0.15, 0.2) is 0 Å². The zero-order chi connectivity index (χ0) is 18.2. The molecule has 25 heavy (non-hydrogen) atoms. The molecule has 0 atom stereocenters. The highest BCUT2D eigenvalue weighted by Crippen LogP contribution is 2.13. The molecule has 0 spiro atoms. The van der Waals surface area contributed by atoms with Crippen LogP contribution in [-0.4, -0.2) is 33.9 Å². The van der Waals surface area contributed by atoms with E-state index < -0.39 is 0 Å². The molecule has 5 nitrogen and oxygen atoms in total. The lowest BCUT2D eigenvalue weighted by atomic mass is 10.1. The molecule has 0 bridgehead atoms. The predicted molar refractivity (Wildman–Crippen MR) is 102 cm³/mol. The maximum Gasteiger partial charge on any atom is 0.272 e. The second-order valence-electron chi connectivity index (χ2n) is 6.26. The van der Waals surface area contributed by atoms with E-state index in [0.717, 1.165) is 25.9 Å². The molecule has 2 aromatic rings. The Morgan fingerprint density at radius 1 is 1.08 bits per heavy atom. The van der Waals surface area contributed by atoms with Gasteiger partial charge in [0.25, 0.3) is 5.91 Å². The van der Waals surface area contributed by atoms with Crippen LogP contribution in [0.3, 0.4) is 0 Å². The summed E-state index contributed by atoms with van der Waals surface area (Å²) < 4.78 is 0. The minimum atomic E-state index is -0.0202. The van der Waals surface area contributed by atoms with E-state index in [1.807, 2.05) is 24.0 Å². The highest BCUT2D eigenvalue weighted by Gasteiger charge is 2.17. The number of anilines is 1. The number of hydrogen-bond donors (Lipinski definition) is 1. The van der Waals surface area contributed by atoms with Gasteiger partial charge in [0.1, 0.15) is 17.3 Å². The van der Waals surface area contributed by atoms with Crippen molar-refractivity contribution in [3.8, 4) is 0 Å². The Morgan fingerprint density at radius 2 is 1.76 bits per heavy atom. The number of hydrogen-bond acceptors (Lipinski definition) is 4. The van der Waals surface area contributed by atoms with E-state index in [1.54, 1.807) is 6.07 Å². The molecule has 1 aromatic carbocycles. The number of benzene rings is 1. The summed E-state index contributed by atoms with van der Waals surface area (Å²) in [5, 5.41) is 3.32. The molecule has 5 heteroatoms. The Hall–Kier alpha value is -2.43. The van der Waals surface area contributed by atoms with Crippen molar-refractivity contribution < 1.29 is 4.79 Å². The molecule has 1 aromatic heterocycles. The molecule has 2 rings (SSSR count). The first kappa shape index (κ1) is 18.9. The van der Waals surface area contributed by atoms with E-state index in [0.29, 0.717) is 23.9 Å². The molecule has 1 N–H and O–H groups in total. The molecule has 0 aliphatic rings. The third-order valence-electron chi connectivity index (χ3n) is 4.05. The Morgan fingerprint density at radius 3 is 2.40 bits per heavy atom. The zero-order valence-corrected chi connectivity index (χ0v) is 15.7. The van der Waals surface area contributed by atoms with Crippen LogP contribution in [0, 0.1) is 13.8 Å². The Kier molecular flexibility index (Phi) is 6.92. The third kappa shape index (κ3) is 5.28. The minimum absolute atomic E-state index is 0.0202. The van der Waals surface area contributed by atoms with Crippen LogP contribution in [0.25, 0.3) is 0 Å². The monoisotopic (exact) mass is 340 g/mol. The lowest BCUT2D eigenvalue weighted by Crippen LogP contribution is -2.33. The second-order valence-corrected chi connectivity index (χ2v) is 6.26. The smallest absolute Gasteiger partial charge is 0.272 e. The van der Waals surface area contributed by atoms with E-state index in [-0.39, 0.29) is 5.91 Å². The molecule has 0 radical (unpaired) electrons. The average Bonchev–Trinajstić information content (AvgIpc) is 2.60. The van der Waals surface area contributed by atoms with Crippen molar-refractivity contribution in [1.29, 1.82) is 0 Å². The van der Waals surface area contributed by atoms with Gasteiger partial charge in [0.05, 0.1) is 0 Å². The summed E-state index contributed by atoms with van der Waals surface area (Å²) in [7, 11) is 0. The second kappa shape index (κ2) is 9.16. The first-order valence-electron chi connectivity index (χ1n) is 8.98. The summed E-state index contributed by atoms with van der Waals surface area (Å²) in [5.74, 6) is 1.27. The van der Waals surface area contributed by atoms with Gasteiger partial charge in [-0.05, 0) is 37.8 Å². The maximum atomic E-state index is 12.8. The Labute approximate surface area is 150 Å². The van der Waals surface area contributed by atoms with Gasteiger partial charge in [0, 0.05) is 25.7 Å². The van der Waals surface area contributed by atoms with Crippen LogP contribution in [0.2, 0.25) is 0 Å². The van der Waals surface area contributed by atoms with Crippen molar-refractivity contribution in [3.63, 3.8) is 0 Å². The summed E-state index contributed by atoms with van der Waals surface area (Å²) in [6.07, 6.45) is 1.88. The molecule has 0 aliphatic carbocycles. The van der Waals surface area contributed by atoms with Crippen LogP contribution in [0.5, 0.6) is 0 Å². The molecule has 0 aliphatic heterocycles. The number of nitrogens with one attached hydrogen (secondary N) is 1. The lowest BCUT2D eigenvalue weighted by molar-refractivity contribution is 0.0749. The number of amides is 1. The Balaban J connectivity index is 2.16. The summed E-state index contributed by atoms with van der Waals surface area (Å²) in [6, 6.07) is 9.99. The first-order chi connectivity index (χ1) is 12.0. The van der Waals surface area contributed by atoms with Gasteiger partial charge < -0.3 is 10.2 Å². The largest absolute Gasteiger partial charge is 0.366 e. The lowest BCUT2D eigenvalue weighted by Gasteiger charge is -2.21. The summed E-state index contributed by atoms with van der Waals surface area (Å²) in [5.41, 5.74) is 2.90. The quantitative estimate of drug-likeness (QED) is 0.790. The van der Waals surface area contributed by atoms with Crippen molar-refractivity contribution in [3.05, 3.63) is 53.0 Å². The van der Waals surface area contributed by atoms with Crippen molar-refractivity contribution in [2.24, 2.45) is 0 Å². The van der Waals surface area contributed by atoms with Crippen LogP contribution in [0.1, 0.15) is 54.1 Å². The topological polar surface area (TPSA) is 58.1 Å². The van der Waals surface area contributed by atoms with E-state index >= 15 is 0 Å². The molecule has 0 saturated carbocycles. The number of nitrogens with zero attached hydrogens (tertiary/aromatic N) is 3. The highest BCUT2D eigenvalue weighted by molar-refractivity contribution is 5.93. The summed E-state index contributed by atoms with van der Waals surface area (Å²) in [6.45, 7) is 10.2. The van der Waals surface area contributed by atoms with E-state index in [9.17, 15) is 4.79 Å². The van der Waals surface area contributed by atoms with E-state index in [4.69, 9.17) is 0 Å². The molecule has 134 valence electrons. The predicted octanol–water partition coefficient (Wildman–Crippen LogP) is 3.97. The maximum absolute atomic E-state index is 12.8. The normalized spacial score (nSPS) is 10.6. The number of carbonyl (C=O) groups excluding carboxylic acids is 1. The van der Waals surface area contributed by atoms with Gasteiger partial charge in [-0.25, -0.2) is 9.97 Å². The van der Waals surface area contributed by atoms with Crippen LogP contribution < -0.4 is 5.32 Å². The summed E-state index contributed by atoms with van der Waals surface area (Å²) in [4.78, 5) is 23.4. The number of aryl methyl sites for hydroxylation is 2. The van der Waals surface area contributed by atoms with Crippen molar-refractivity contribution in [1.82, 2.24) is 14.9 Å². The van der Waals surface area contributed by atoms with Gasteiger partial charge in [-0.1, -0.05) is 38.1 Å². The van der Waals surface area contributed by atoms with Gasteiger partial charge in [-0.15, -0.1) is 0 Å². The highest BCUT2D eigenvalue weighted by atomic mass is 16.2. The van der Waals surface area contributed by atoms with Crippen molar-refractivity contribution in [2.45, 2.75) is 47.1 Å². The first-order valence-corrected chi connectivity index (χ1v) is 8.98. The van der Waals surface area contributed by atoms with Gasteiger partial charge in [-0.3, -0.25) is 4.79 Å². The van der Waals surface area contributed by atoms with Crippen LogP contribution in [0.15, 0.2) is 30.3 Å². The standard InChI is InChI=1S/C20H28N4O/c1-5-11-24(12-6-2)20(25)18-13-19(23-16(4)22-18)21-14-17-10-8-7-9-15(17)3/h7-10,13H,5-6,11-12,14H2,1-4H3,(H,21,22,23).